The predicted molar refractivity (Wildman–Crippen MR) is 216 cm³/mol. The lowest BCUT2D eigenvalue weighted by Crippen LogP contribution is -2.27. The number of nitro benzene ring substituents is 1. The van der Waals surface area contributed by atoms with Crippen LogP contribution in [0.15, 0.2) is 116 Å². The Balaban J connectivity index is 1.29. The Morgan fingerprint density at radius 3 is 2.02 bits per heavy atom. The van der Waals surface area contributed by atoms with Crippen LogP contribution < -0.4 is 26.1 Å². The number of carboxylic acids is 2. The van der Waals surface area contributed by atoms with E-state index in [1.54, 1.807) is 30.3 Å². The first-order valence-electron chi connectivity index (χ1n) is 16.8. The zero-order valence-corrected chi connectivity index (χ0v) is 31.6. The summed E-state index contributed by atoms with van der Waals surface area (Å²) in [6.07, 6.45) is 4.46. The number of carboxylic acid groups (broad SMARTS) is 2. The molecule has 0 heterocycles. The lowest BCUT2D eigenvalue weighted by atomic mass is 9.92. The van der Waals surface area contributed by atoms with E-state index in [1.807, 2.05) is 0 Å². The van der Waals surface area contributed by atoms with E-state index >= 15 is 0 Å². The van der Waals surface area contributed by atoms with Gasteiger partial charge in [0.2, 0.25) is 5.78 Å². The molecule has 2 aliphatic rings. The van der Waals surface area contributed by atoms with E-state index in [0.717, 1.165) is 36.4 Å². The van der Waals surface area contributed by atoms with E-state index in [0.29, 0.717) is 22.6 Å². The van der Waals surface area contributed by atoms with Crippen molar-refractivity contribution < 1.29 is 56.8 Å². The number of nitrogens with zero attached hydrogens (tertiary/aromatic N) is 5. The van der Waals surface area contributed by atoms with Crippen LogP contribution in [0.2, 0.25) is 0 Å². The molecule has 0 saturated carbocycles. The summed E-state index contributed by atoms with van der Waals surface area (Å²) in [5.41, 5.74) is 10.1. The summed E-state index contributed by atoms with van der Waals surface area (Å²) in [7, 11) is -2.38. The summed E-state index contributed by atoms with van der Waals surface area (Å²) in [5.74, 6) is -4.06. The van der Waals surface area contributed by atoms with Crippen molar-refractivity contribution in [2.45, 2.75) is 0 Å². The lowest BCUT2D eigenvalue weighted by Gasteiger charge is -2.18. The number of nitrogen functional groups attached to an aromatic ring is 1. The number of benzene rings is 4. The van der Waals surface area contributed by atoms with E-state index in [-0.39, 0.29) is 45.3 Å². The molecule has 0 radical (unpaired) electrons. The molecule has 7 N–H and O–H groups in total. The molecule has 6 rings (SSSR count). The van der Waals surface area contributed by atoms with Crippen molar-refractivity contribution in [2.75, 3.05) is 30.8 Å². The minimum atomic E-state index is -5.15. The zero-order valence-electron chi connectivity index (χ0n) is 30.8. The fourth-order valence-corrected chi connectivity index (χ4v) is 6.39. The number of allylic oxidation sites excluding steroid dienone is 4. The third-order valence-corrected chi connectivity index (χ3v) is 9.56. The number of anilines is 3. The molecule has 0 spiro atoms. The molecule has 60 heavy (non-hydrogen) atoms. The lowest BCUT2D eigenvalue weighted by molar-refractivity contribution is -0.384. The second-order valence-electron chi connectivity index (χ2n) is 12.4. The Hall–Kier alpha value is -8.37. The van der Waals surface area contributed by atoms with Crippen LogP contribution in [0.4, 0.5) is 34.1 Å². The van der Waals surface area contributed by atoms with Gasteiger partial charge in [0.1, 0.15) is 33.4 Å². The molecular weight excluding hydrogens is 809 g/mol. The summed E-state index contributed by atoms with van der Waals surface area (Å²) in [4.78, 5) is 58.1. The maximum Gasteiger partial charge on any atom is 0.339 e. The third-order valence-electron chi connectivity index (χ3n) is 8.70. The van der Waals surface area contributed by atoms with Gasteiger partial charge in [-0.15, -0.1) is 10.2 Å². The van der Waals surface area contributed by atoms with E-state index in [2.05, 4.69) is 31.3 Å². The number of aromatic carboxylic acids is 1. The number of ether oxygens (including phenoxy) is 2. The Labute approximate surface area is 337 Å². The van der Waals surface area contributed by atoms with E-state index in [4.69, 9.17) is 15.2 Å². The van der Waals surface area contributed by atoms with E-state index < -0.39 is 66.0 Å². The van der Waals surface area contributed by atoms with Gasteiger partial charge in [-0.05, 0) is 77.9 Å². The SMILES string of the molecule is COc1cc(-c2ccc(N/N=C3/C(=O)c4ccc(N)c(N=Nc5ccc([N+](=O)[O-])cc5C(=O)O)c4C=C3S(=O)(=O)O)c(OC)c2)ccc1N/N=C1/C=CC(=O)C(C(=O)O)=C1. The van der Waals surface area contributed by atoms with Gasteiger partial charge in [0, 0.05) is 23.3 Å². The van der Waals surface area contributed by atoms with Gasteiger partial charge in [0.05, 0.1) is 47.5 Å². The van der Waals surface area contributed by atoms with Gasteiger partial charge < -0.3 is 25.4 Å². The van der Waals surface area contributed by atoms with E-state index in [9.17, 15) is 52.5 Å². The van der Waals surface area contributed by atoms with Crippen molar-refractivity contribution in [3.05, 3.63) is 122 Å². The Morgan fingerprint density at radius 1 is 0.817 bits per heavy atom. The average molecular weight is 837 g/mol. The number of carbonyl (C=O) groups is 4. The first-order valence-corrected chi connectivity index (χ1v) is 18.3. The quantitative estimate of drug-likeness (QED) is 0.0177. The molecule has 0 saturated heterocycles. The monoisotopic (exact) mass is 836 g/mol. The number of hydrogen-bond donors (Lipinski definition) is 6. The molecule has 304 valence electrons. The molecule has 4 aromatic rings. The first-order chi connectivity index (χ1) is 28.5. The molecule has 0 bridgehead atoms. The predicted octanol–water partition coefficient (Wildman–Crippen LogP) is 5.79. The maximum absolute atomic E-state index is 13.8. The van der Waals surface area contributed by atoms with Crippen LogP contribution in [0.1, 0.15) is 26.3 Å². The highest BCUT2D eigenvalue weighted by atomic mass is 32.2. The van der Waals surface area contributed by atoms with Crippen LogP contribution in [0.5, 0.6) is 11.5 Å². The molecule has 0 amide bonds. The molecule has 0 atom stereocenters. The summed E-state index contributed by atoms with van der Waals surface area (Å²) in [6, 6.07) is 15.1. The number of hydrazone groups is 2. The number of carbonyl (C=O) groups excluding carboxylic acids is 2. The Morgan fingerprint density at radius 2 is 1.45 bits per heavy atom. The van der Waals surface area contributed by atoms with Gasteiger partial charge in [-0.1, -0.05) is 12.1 Å². The fourth-order valence-electron chi connectivity index (χ4n) is 5.74. The standard InChI is InChI=1S/C38H28N8O13S/c1-58-31-13-18(3-9-28(31)42-40-20-5-12-30(47)25(15-20)38(51)52)19-4-10-29(32(14-19)59-2)43-45-35-33(60(55,56)57)17-23-22(36(35)48)7-8-26(39)34(23)44-41-27-11-6-21(46(53)54)16-24(27)37(49)50/h3-17,42-43H,39H2,1-2H3,(H,49,50)(H,51,52)(H,55,56,57)/b40-20-,44-41?,45-35+. The number of nitrogens with two attached hydrogens (primary N) is 1. The highest BCUT2D eigenvalue weighted by Gasteiger charge is 2.35. The Bertz CT molecular complexity index is 2860. The average Bonchev–Trinajstić information content (AvgIpc) is 3.21. The number of nitro groups is 1. The van der Waals surface area contributed by atoms with Crippen molar-refractivity contribution in [1.82, 2.24) is 0 Å². The highest BCUT2D eigenvalue weighted by molar-refractivity contribution is 7.91. The number of nitrogens with one attached hydrogen (secondary N) is 2. The number of hydrogen-bond acceptors (Lipinski definition) is 17. The molecule has 0 unspecified atom stereocenters. The number of ketones is 2. The second-order valence-corrected chi connectivity index (χ2v) is 13.7. The maximum atomic E-state index is 13.8. The van der Waals surface area contributed by atoms with Crippen molar-refractivity contribution >= 4 is 85.2 Å². The summed E-state index contributed by atoms with van der Waals surface area (Å²) < 4.78 is 46.6. The van der Waals surface area contributed by atoms with Gasteiger partial charge in [-0.3, -0.25) is 35.1 Å². The highest BCUT2D eigenvalue weighted by Crippen LogP contribution is 2.39. The minimum absolute atomic E-state index is 0.125. The number of rotatable bonds is 13. The van der Waals surface area contributed by atoms with Crippen LogP contribution >= 0.6 is 0 Å². The molecule has 0 fully saturated rings. The van der Waals surface area contributed by atoms with Crippen molar-refractivity contribution in [2.24, 2.45) is 20.4 Å². The number of non-ortho nitro benzene ring substituents is 1. The van der Waals surface area contributed by atoms with E-state index in [1.165, 1.54) is 38.5 Å². The van der Waals surface area contributed by atoms with Gasteiger partial charge in [0.25, 0.3) is 15.8 Å². The fraction of sp³-hybridized carbons (Fsp3) is 0.0526. The van der Waals surface area contributed by atoms with Crippen molar-refractivity contribution in [1.29, 1.82) is 0 Å². The molecule has 4 aromatic carbocycles. The molecule has 2 aliphatic carbocycles. The molecule has 0 aliphatic heterocycles. The van der Waals surface area contributed by atoms with Crippen molar-refractivity contribution in [3.63, 3.8) is 0 Å². The topological polar surface area (TPSA) is 324 Å². The summed E-state index contributed by atoms with van der Waals surface area (Å²) in [6.45, 7) is 0. The Kier molecular flexibility index (Phi) is 11.4. The van der Waals surface area contributed by atoms with Crippen LogP contribution in [0.3, 0.4) is 0 Å². The van der Waals surface area contributed by atoms with Crippen LogP contribution in [0, 0.1) is 10.1 Å². The van der Waals surface area contributed by atoms with Gasteiger partial charge in [-0.2, -0.15) is 18.6 Å². The molecule has 22 heteroatoms. The normalized spacial score (nSPS) is 15.1. The minimum Gasteiger partial charge on any atom is -0.494 e. The van der Waals surface area contributed by atoms with Crippen LogP contribution in [-0.4, -0.2) is 77.3 Å². The number of Topliss-reactive ketones (excluding diaryl/α,β-unsaturated/α-hetero) is 1. The number of methoxy groups -OCH3 is 2. The molecule has 0 aromatic heterocycles. The van der Waals surface area contributed by atoms with Gasteiger partial charge >= 0.3 is 11.9 Å². The van der Waals surface area contributed by atoms with Crippen molar-refractivity contribution in [3.8, 4) is 22.6 Å². The smallest absolute Gasteiger partial charge is 0.339 e. The third kappa shape index (κ3) is 8.48. The molecular formula is C38H28N8O13S. The first kappa shape index (κ1) is 41.3. The second kappa shape index (κ2) is 16.6. The number of azo groups is 1. The number of fused-ring (bicyclic) bond motifs is 1. The largest absolute Gasteiger partial charge is 0.494 e. The van der Waals surface area contributed by atoms with Crippen LogP contribution in [0.25, 0.3) is 17.2 Å². The van der Waals surface area contributed by atoms with Gasteiger partial charge in [-0.25, -0.2) is 9.59 Å². The summed E-state index contributed by atoms with van der Waals surface area (Å²) in [5, 5.41) is 46.0. The van der Waals surface area contributed by atoms with Crippen LogP contribution in [-0.2, 0) is 19.7 Å². The zero-order chi connectivity index (χ0) is 43.5. The van der Waals surface area contributed by atoms with Gasteiger partial charge in [0.15, 0.2) is 11.5 Å². The molecule has 21 nitrogen and oxygen atoms in total. The summed E-state index contributed by atoms with van der Waals surface area (Å²) >= 11 is 0. The number of aliphatic carboxylic acids is 1.